The Kier molecular flexibility index (Phi) is 13.5. The van der Waals surface area contributed by atoms with Gasteiger partial charge in [0.25, 0.3) is 11.1 Å². The van der Waals surface area contributed by atoms with Gasteiger partial charge in [-0.15, -0.1) is 0 Å². The maximum atomic E-state index is 12.5. The Balaban J connectivity index is 0.000000152. The van der Waals surface area contributed by atoms with Gasteiger partial charge in [-0.25, -0.2) is 16.8 Å². The Hall–Kier alpha value is -4.74. The highest BCUT2D eigenvalue weighted by Crippen LogP contribution is 2.39. The van der Waals surface area contributed by atoms with Crippen molar-refractivity contribution in [3.05, 3.63) is 123 Å². The predicted octanol–water partition coefficient (Wildman–Crippen LogP) is 7.88. The van der Waals surface area contributed by atoms with E-state index < -0.39 is 38.0 Å². The molecule has 0 spiro atoms. The van der Waals surface area contributed by atoms with Crippen molar-refractivity contribution in [2.45, 2.75) is 74.4 Å². The molecule has 1 saturated heterocycles. The van der Waals surface area contributed by atoms with Crippen LogP contribution in [-0.4, -0.2) is 70.0 Å². The van der Waals surface area contributed by atoms with Gasteiger partial charge < -0.3 is 27.9 Å². The number of benzene rings is 4. The summed E-state index contributed by atoms with van der Waals surface area (Å²) in [6.07, 6.45) is 10.6. The Labute approximate surface area is 383 Å². The summed E-state index contributed by atoms with van der Waals surface area (Å²) in [6.45, 7) is 9.15. The lowest BCUT2D eigenvalue weighted by atomic mass is 9.78. The van der Waals surface area contributed by atoms with Gasteiger partial charge in [0, 0.05) is 76.2 Å². The van der Waals surface area contributed by atoms with Crippen LogP contribution in [0.3, 0.4) is 0 Å². The first-order chi connectivity index (χ1) is 30.0. The molecular formula is C48H54BBrN2O10S2. The fourth-order valence-corrected chi connectivity index (χ4v) is 9.06. The molecule has 2 aromatic heterocycles. The molecule has 3 heterocycles. The molecule has 0 bridgehead atoms. The van der Waals surface area contributed by atoms with Crippen LogP contribution in [0.2, 0.25) is 0 Å². The average Bonchev–Trinajstić information content (AvgIpc) is 4.19. The number of pyridine rings is 2. The summed E-state index contributed by atoms with van der Waals surface area (Å²) in [4.78, 5) is 24.6. The number of hydrogen-bond acceptors (Lipinski definition) is 10. The van der Waals surface area contributed by atoms with Gasteiger partial charge in [0.05, 0.1) is 34.2 Å². The molecule has 0 radical (unpaired) electrons. The van der Waals surface area contributed by atoms with Crippen LogP contribution in [0.4, 0.5) is 0 Å². The number of aryl methyl sites for hydroxylation is 2. The number of rotatable bonds is 10. The minimum absolute atomic E-state index is 0.0406. The molecule has 2 saturated carbocycles. The van der Waals surface area contributed by atoms with E-state index >= 15 is 0 Å². The smallest absolute Gasteiger partial charge is 0.494 e. The summed E-state index contributed by atoms with van der Waals surface area (Å²) >= 11 is 3.42. The third kappa shape index (κ3) is 10.7. The van der Waals surface area contributed by atoms with E-state index in [1.165, 1.54) is 42.8 Å². The van der Waals surface area contributed by atoms with Gasteiger partial charge in [-0.3, -0.25) is 9.59 Å². The molecule has 4 aromatic carbocycles. The molecule has 9 rings (SSSR count). The van der Waals surface area contributed by atoms with Crippen LogP contribution in [0.5, 0.6) is 11.5 Å². The fourth-order valence-electron chi connectivity index (χ4n) is 7.10. The van der Waals surface area contributed by atoms with Crippen molar-refractivity contribution in [3.63, 3.8) is 0 Å². The number of hydrogen-bond donors (Lipinski definition) is 0. The summed E-state index contributed by atoms with van der Waals surface area (Å²) in [7, 11) is -3.88. The molecule has 3 fully saturated rings. The number of sulfone groups is 2. The average molecular weight is 974 g/mol. The molecular weight excluding hydrogens is 919 g/mol. The van der Waals surface area contributed by atoms with Crippen molar-refractivity contribution in [2.75, 3.05) is 25.7 Å². The van der Waals surface area contributed by atoms with E-state index in [0.29, 0.717) is 53.0 Å². The second-order valence-electron chi connectivity index (χ2n) is 17.9. The second kappa shape index (κ2) is 18.3. The quantitative estimate of drug-likeness (QED) is 0.124. The van der Waals surface area contributed by atoms with E-state index in [2.05, 4.69) is 15.9 Å². The number of aromatic nitrogens is 2. The summed E-state index contributed by atoms with van der Waals surface area (Å²) in [5.74, 6) is 2.45. The van der Waals surface area contributed by atoms with Crippen molar-refractivity contribution in [2.24, 2.45) is 25.9 Å². The fraction of sp³-hybridized carbons (Fsp3) is 0.375. The normalized spacial score (nSPS) is 16.7. The van der Waals surface area contributed by atoms with E-state index in [1.807, 2.05) is 70.2 Å². The highest BCUT2D eigenvalue weighted by molar-refractivity contribution is 9.10. The third-order valence-electron chi connectivity index (χ3n) is 12.1. The Morgan fingerprint density at radius 1 is 0.625 bits per heavy atom. The minimum atomic E-state index is -3.36. The lowest BCUT2D eigenvalue weighted by Gasteiger charge is -2.32. The van der Waals surface area contributed by atoms with Crippen LogP contribution in [0, 0.1) is 11.8 Å². The van der Waals surface area contributed by atoms with Crippen LogP contribution >= 0.6 is 15.9 Å². The van der Waals surface area contributed by atoms with Crippen LogP contribution in [-0.2, 0) is 43.1 Å². The summed E-state index contributed by atoms with van der Waals surface area (Å²) in [5.41, 5.74) is 1.07. The summed E-state index contributed by atoms with van der Waals surface area (Å²) in [6, 6.07) is 24.7. The number of nitrogens with zero attached hydrogens (tertiary/aromatic N) is 2. The third-order valence-corrected chi connectivity index (χ3v) is 14.9. The predicted molar refractivity (Wildman–Crippen MR) is 256 cm³/mol. The van der Waals surface area contributed by atoms with Gasteiger partial charge in [0.1, 0.15) is 11.5 Å². The molecule has 6 aromatic rings. The van der Waals surface area contributed by atoms with Gasteiger partial charge in [-0.2, -0.15) is 0 Å². The van der Waals surface area contributed by atoms with Crippen molar-refractivity contribution in [1.82, 2.24) is 9.13 Å². The molecule has 2 aliphatic carbocycles. The monoisotopic (exact) mass is 972 g/mol. The first kappa shape index (κ1) is 47.2. The van der Waals surface area contributed by atoms with Crippen LogP contribution in [0.25, 0.3) is 32.7 Å². The number of ether oxygens (including phenoxy) is 2. The highest BCUT2D eigenvalue weighted by atomic mass is 79.9. The number of fused-ring (bicyclic) bond motifs is 2. The van der Waals surface area contributed by atoms with Crippen LogP contribution in [0.15, 0.2) is 121 Å². The van der Waals surface area contributed by atoms with Crippen molar-refractivity contribution < 1.29 is 35.6 Å². The maximum absolute atomic E-state index is 12.5. The Bertz CT molecular complexity index is 3070. The maximum Gasteiger partial charge on any atom is 0.498 e. The summed E-state index contributed by atoms with van der Waals surface area (Å²) < 4.78 is 76.2. The molecule has 0 unspecified atom stereocenters. The van der Waals surface area contributed by atoms with Crippen LogP contribution in [0.1, 0.15) is 53.4 Å². The van der Waals surface area contributed by atoms with Crippen molar-refractivity contribution in [3.8, 4) is 22.6 Å². The van der Waals surface area contributed by atoms with Gasteiger partial charge in [-0.1, -0.05) is 36.4 Å². The molecule has 1 aliphatic heterocycles. The lowest BCUT2D eigenvalue weighted by Crippen LogP contribution is -2.41. The van der Waals surface area contributed by atoms with Gasteiger partial charge >= 0.3 is 7.12 Å². The first-order valence-electron chi connectivity index (χ1n) is 21.2. The number of halogens is 1. The summed E-state index contributed by atoms with van der Waals surface area (Å²) in [5, 5.41) is 3.09. The SMILES string of the molecule is CC1(C)OB(c2cc(S(C)(=O)=O)ccc2OCC2CC2)OC1(C)C.Cn1cc(-c2cc(S(C)(=O)=O)ccc2OCC2CC2)c2ccccc2c1=O.Cn1cc(Br)c2ccccc2c1=O. The van der Waals surface area contributed by atoms with E-state index in [1.54, 1.807) is 73.5 Å². The molecule has 64 heavy (non-hydrogen) atoms. The molecule has 338 valence electrons. The first-order valence-corrected chi connectivity index (χ1v) is 25.7. The molecule has 12 nitrogen and oxygen atoms in total. The van der Waals surface area contributed by atoms with Gasteiger partial charge in [0.2, 0.25) is 0 Å². The van der Waals surface area contributed by atoms with E-state index in [-0.39, 0.29) is 20.9 Å². The zero-order chi connectivity index (χ0) is 46.4. The molecule has 0 atom stereocenters. The Morgan fingerprint density at radius 3 is 1.58 bits per heavy atom. The zero-order valence-corrected chi connectivity index (χ0v) is 40.6. The Morgan fingerprint density at radius 2 is 1.06 bits per heavy atom. The highest BCUT2D eigenvalue weighted by Gasteiger charge is 2.52. The topological polar surface area (TPSA) is 149 Å². The van der Waals surface area contributed by atoms with Crippen molar-refractivity contribution >= 4 is 69.7 Å². The molecule has 0 N–H and O–H groups in total. The van der Waals surface area contributed by atoms with E-state index in [9.17, 15) is 26.4 Å². The molecule has 16 heteroatoms. The van der Waals surface area contributed by atoms with Gasteiger partial charge in [-0.05, 0) is 135 Å². The lowest BCUT2D eigenvalue weighted by molar-refractivity contribution is 0.00578. The van der Waals surface area contributed by atoms with E-state index in [4.69, 9.17) is 18.8 Å². The largest absolute Gasteiger partial charge is 0.498 e. The van der Waals surface area contributed by atoms with E-state index in [0.717, 1.165) is 26.2 Å². The minimum Gasteiger partial charge on any atom is -0.494 e. The van der Waals surface area contributed by atoms with Crippen molar-refractivity contribution in [1.29, 1.82) is 0 Å². The van der Waals surface area contributed by atoms with Crippen LogP contribution < -0.4 is 26.1 Å². The molecule has 0 amide bonds. The second-order valence-corrected chi connectivity index (χ2v) is 22.8. The van der Waals surface area contributed by atoms with Gasteiger partial charge in [0.15, 0.2) is 19.7 Å². The standard InChI is InChI=1S/C21H21NO4S.C17H25BO5S.C10H8BrNO/c1-22-12-19(16-5-3-4-6-17(16)21(22)23)18-11-15(27(2,24)25)9-10-20(18)26-13-14-7-8-14;1-16(2)17(3,4)23-18(22-16)14-10-13(24(5,19)20)8-9-15(14)21-11-12-6-7-12;1-12-6-9(11)7-4-2-3-5-8(7)10(12)13/h3-6,9-12,14H,7-8,13H2,1-2H3;8-10,12H,6-7,11H2,1-5H3;2-6H,1H3. The molecule has 3 aliphatic rings. The zero-order valence-electron chi connectivity index (χ0n) is 37.4.